The van der Waals surface area contributed by atoms with Gasteiger partial charge in [0, 0.05) is 17.4 Å². The molecule has 2 amide bonds. The summed E-state index contributed by atoms with van der Waals surface area (Å²) in [4.78, 5) is 28.4. The zero-order chi connectivity index (χ0) is 18.8. The van der Waals surface area contributed by atoms with Crippen LogP contribution in [0.3, 0.4) is 0 Å². The summed E-state index contributed by atoms with van der Waals surface area (Å²) in [6, 6.07) is 17.2. The maximum atomic E-state index is 13.3. The van der Waals surface area contributed by atoms with Crippen LogP contribution in [0.5, 0.6) is 5.75 Å². The Bertz CT molecular complexity index is 928. The SMILES string of the molecule is C[C@H]1NC(=O)[C@]2(C)[C@@H](c3ccccc3)[C@H]3COc4ccccc4[C@H]3N2C1=O. The Labute approximate surface area is 158 Å². The molecule has 0 saturated carbocycles. The lowest BCUT2D eigenvalue weighted by molar-refractivity contribution is -0.156. The van der Waals surface area contributed by atoms with Gasteiger partial charge in [0.25, 0.3) is 0 Å². The molecular formula is C22H22N2O3. The Morgan fingerprint density at radius 2 is 1.78 bits per heavy atom. The molecule has 0 radical (unpaired) electrons. The third-order valence-corrected chi connectivity index (χ3v) is 6.46. The van der Waals surface area contributed by atoms with Gasteiger partial charge >= 0.3 is 0 Å². The van der Waals surface area contributed by atoms with Gasteiger partial charge in [-0.15, -0.1) is 0 Å². The highest BCUT2D eigenvalue weighted by Gasteiger charge is 2.66. The first kappa shape index (κ1) is 16.4. The maximum Gasteiger partial charge on any atom is 0.247 e. The van der Waals surface area contributed by atoms with Gasteiger partial charge in [-0.3, -0.25) is 9.59 Å². The van der Waals surface area contributed by atoms with Gasteiger partial charge < -0.3 is 15.0 Å². The van der Waals surface area contributed by atoms with Gasteiger partial charge in [0.1, 0.15) is 17.3 Å². The van der Waals surface area contributed by atoms with Crippen LogP contribution in [0.15, 0.2) is 54.6 Å². The molecule has 0 unspecified atom stereocenters. The Morgan fingerprint density at radius 3 is 2.56 bits per heavy atom. The first-order valence-corrected chi connectivity index (χ1v) is 9.44. The van der Waals surface area contributed by atoms with Gasteiger partial charge in [0.05, 0.1) is 12.6 Å². The molecule has 3 aliphatic rings. The van der Waals surface area contributed by atoms with Gasteiger partial charge in [-0.05, 0) is 25.5 Å². The van der Waals surface area contributed by atoms with E-state index in [2.05, 4.69) is 5.32 Å². The van der Waals surface area contributed by atoms with Crippen molar-refractivity contribution in [2.75, 3.05) is 6.61 Å². The number of fused-ring (bicyclic) bond motifs is 5. The highest BCUT2D eigenvalue weighted by atomic mass is 16.5. The van der Waals surface area contributed by atoms with E-state index in [1.807, 2.05) is 66.4 Å². The summed E-state index contributed by atoms with van der Waals surface area (Å²) in [5, 5.41) is 2.90. The van der Waals surface area contributed by atoms with Crippen molar-refractivity contribution in [3.8, 4) is 5.75 Å². The molecule has 2 aromatic rings. The second kappa shape index (κ2) is 5.59. The van der Waals surface area contributed by atoms with Gasteiger partial charge in [-0.2, -0.15) is 0 Å². The number of carbonyl (C=O) groups is 2. The monoisotopic (exact) mass is 362 g/mol. The van der Waals surface area contributed by atoms with Crippen LogP contribution in [0, 0.1) is 5.92 Å². The quantitative estimate of drug-likeness (QED) is 0.848. The fourth-order valence-electron chi connectivity index (χ4n) is 5.29. The highest BCUT2D eigenvalue weighted by molar-refractivity contribution is 6.01. The van der Waals surface area contributed by atoms with Crippen molar-refractivity contribution in [1.29, 1.82) is 0 Å². The number of hydrogen-bond acceptors (Lipinski definition) is 3. The first-order chi connectivity index (χ1) is 13.0. The zero-order valence-electron chi connectivity index (χ0n) is 15.4. The van der Waals surface area contributed by atoms with Crippen LogP contribution in [0.1, 0.15) is 36.9 Å². The minimum Gasteiger partial charge on any atom is -0.493 e. The molecule has 5 rings (SSSR count). The van der Waals surface area contributed by atoms with Crippen molar-refractivity contribution in [2.45, 2.75) is 37.4 Å². The van der Waals surface area contributed by atoms with E-state index in [-0.39, 0.29) is 29.7 Å². The molecule has 2 aromatic carbocycles. The van der Waals surface area contributed by atoms with Crippen LogP contribution in [-0.4, -0.2) is 34.9 Å². The molecule has 3 aliphatic heterocycles. The molecule has 0 bridgehead atoms. The van der Waals surface area contributed by atoms with Crippen molar-refractivity contribution >= 4 is 11.8 Å². The topological polar surface area (TPSA) is 58.6 Å². The predicted molar refractivity (Wildman–Crippen MR) is 100 cm³/mol. The van der Waals surface area contributed by atoms with Crippen molar-refractivity contribution in [1.82, 2.24) is 10.2 Å². The molecule has 5 heteroatoms. The molecule has 0 spiro atoms. The van der Waals surface area contributed by atoms with Crippen molar-refractivity contribution in [2.24, 2.45) is 5.92 Å². The van der Waals surface area contributed by atoms with Gasteiger partial charge in [-0.1, -0.05) is 48.5 Å². The molecule has 5 atom stereocenters. The molecule has 0 aromatic heterocycles. The summed E-state index contributed by atoms with van der Waals surface area (Å²) in [5.41, 5.74) is 1.12. The normalized spacial score (nSPS) is 34.2. The average Bonchev–Trinajstić information content (AvgIpc) is 2.97. The summed E-state index contributed by atoms with van der Waals surface area (Å²) >= 11 is 0. The van der Waals surface area contributed by atoms with Gasteiger partial charge in [-0.25, -0.2) is 0 Å². The third kappa shape index (κ3) is 2.05. The largest absolute Gasteiger partial charge is 0.493 e. The summed E-state index contributed by atoms with van der Waals surface area (Å²) < 4.78 is 6.07. The van der Waals surface area contributed by atoms with Gasteiger partial charge in [0.15, 0.2) is 0 Å². The summed E-state index contributed by atoms with van der Waals surface area (Å²) in [6.07, 6.45) is 0. The van der Waals surface area contributed by atoms with E-state index >= 15 is 0 Å². The lowest BCUT2D eigenvalue weighted by Crippen LogP contribution is -2.68. The van der Waals surface area contributed by atoms with Crippen LogP contribution in [0.25, 0.3) is 0 Å². The molecule has 2 saturated heterocycles. The first-order valence-electron chi connectivity index (χ1n) is 9.44. The molecule has 138 valence electrons. The molecule has 0 aliphatic carbocycles. The van der Waals surface area contributed by atoms with Crippen LogP contribution >= 0.6 is 0 Å². The van der Waals surface area contributed by atoms with E-state index in [9.17, 15) is 9.59 Å². The van der Waals surface area contributed by atoms with Crippen LogP contribution in [0.4, 0.5) is 0 Å². The van der Waals surface area contributed by atoms with Crippen molar-refractivity contribution in [3.05, 3.63) is 65.7 Å². The molecule has 27 heavy (non-hydrogen) atoms. The number of rotatable bonds is 1. The zero-order valence-corrected chi connectivity index (χ0v) is 15.4. The lowest BCUT2D eigenvalue weighted by Gasteiger charge is -2.45. The predicted octanol–water partition coefficient (Wildman–Crippen LogP) is 2.64. The Kier molecular flexibility index (Phi) is 3.39. The number of amides is 2. The molecular weight excluding hydrogens is 340 g/mol. The fourth-order valence-corrected chi connectivity index (χ4v) is 5.29. The average molecular weight is 362 g/mol. The number of nitrogens with zero attached hydrogens (tertiary/aromatic N) is 1. The number of carbonyl (C=O) groups excluding carboxylic acids is 2. The van der Waals surface area contributed by atoms with Crippen molar-refractivity contribution < 1.29 is 14.3 Å². The molecule has 5 nitrogen and oxygen atoms in total. The van der Waals surface area contributed by atoms with E-state index < -0.39 is 11.6 Å². The van der Waals surface area contributed by atoms with Crippen molar-refractivity contribution in [3.63, 3.8) is 0 Å². The third-order valence-electron chi connectivity index (χ3n) is 6.46. The van der Waals surface area contributed by atoms with Crippen LogP contribution in [-0.2, 0) is 9.59 Å². The van der Waals surface area contributed by atoms with Crippen LogP contribution in [0.2, 0.25) is 0 Å². The van der Waals surface area contributed by atoms with Crippen LogP contribution < -0.4 is 10.1 Å². The second-order valence-corrected chi connectivity index (χ2v) is 7.90. The number of para-hydroxylation sites is 1. The number of piperazine rings is 1. The number of benzene rings is 2. The Morgan fingerprint density at radius 1 is 1.07 bits per heavy atom. The van der Waals surface area contributed by atoms with E-state index in [0.717, 1.165) is 16.9 Å². The minimum absolute atomic E-state index is 0.0206. The Balaban J connectivity index is 1.75. The summed E-state index contributed by atoms with van der Waals surface area (Å²) in [6.45, 7) is 4.16. The Hall–Kier alpha value is -2.82. The smallest absolute Gasteiger partial charge is 0.247 e. The molecule has 2 fully saturated rings. The minimum atomic E-state index is -0.943. The van der Waals surface area contributed by atoms with E-state index in [1.165, 1.54) is 0 Å². The maximum absolute atomic E-state index is 13.3. The number of nitrogens with one attached hydrogen (secondary N) is 1. The number of hydrogen-bond donors (Lipinski definition) is 1. The van der Waals surface area contributed by atoms with Gasteiger partial charge in [0.2, 0.25) is 11.8 Å². The summed E-state index contributed by atoms with van der Waals surface area (Å²) in [5.74, 6) is 0.583. The molecule has 1 N–H and O–H groups in total. The summed E-state index contributed by atoms with van der Waals surface area (Å²) in [7, 11) is 0. The van der Waals surface area contributed by atoms with E-state index in [0.29, 0.717) is 6.61 Å². The second-order valence-electron chi connectivity index (χ2n) is 7.90. The standard InChI is InChI=1S/C22H22N2O3/c1-13-20(25)24-19-15-10-6-7-11-17(15)27-12-16(19)18(14-8-4-3-5-9-14)22(24,2)21(26)23-13/h3-11,13,16,18-19H,12H2,1-2H3,(H,23,26)/t13-,16-,18+,19-,22+/m1/s1. The van der Waals surface area contributed by atoms with E-state index in [4.69, 9.17) is 4.74 Å². The lowest BCUT2D eigenvalue weighted by atomic mass is 9.73. The van der Waals surface area contributed by atoms with E-state index in [1.54, 1.807) is 6.92 Å². The highest BCUT2D eigenvalue weighted by Crippen LogP contribution is 2.59. The molecule has 3 heterocycles. The fraction of sp³-hybridized carbons (Fsp3) is 0.364. The number of ether oxygens (including phenoxy) is 1.